The summed E-state index contributed by atoms with van der Waals surface area (Å²) in [5, 5.41) is 9.49. The first-order valence-electron chi connectivity index (χ1n) is 7.19. The van der Waals surface area contributed by atoms with Crippen LogP contribution in [0.25, 0.3) is 11.1 Å². The highest BCUT2D eigenvalue weighted by Crippen LogP contribution is 2.23. The average Bonchev–Trinajstić information content (AvgIpc) is 2.54. The van der Waals surface area contributed by atoms with E-state index in [1.165, 1.54) is 18.4 Å². The Bertz CT molecular complexity index is 645. The van der Waals surface area contributed by atoms with Crippen molar-refractivity contribution in [2.24, 2.45) is 0 Å². The molecule has 0 bridgehead atoms. The number of aryl methyl sites for hydroxylation is 1. The molecule has 0 unspecified atom stereocenters. The van der Waals surface area contributed by atoms with Crippen molar-refractivity contribution in [2.45, 2.75) is 26.2 Å². The Morgan fingerprint density at radius 2 is 1.76 bits per heavy atom. The van der Waals surface area contributed by atoms with Gasteiger partial charge in [0.25, 0.3) is 0 Å². The van der Waals surface area contributed by atoms with Crippen molar-refractivity contribution in [1.29, 1.82) is 5.26 Å². The molecule has 0 aromatic heterocycles. The van der Waals surface area contributed by atoms with E-state index in [1.54, 1.807) is 12.1 Å². The Morgan fingerprint density at radius 1 is 1.10 bits per heavy atom. The maximum absolute atomic E-state index is 8.78. The lowest BCUT2D eigenvalue weighted by Gasteiger charge is -2.03. The first-order valence-corrected chi connectivity index (χ1v) is 7.57. The van der Waals surface area contributed by atoms with Gasteiger partial charge in [0.1, 0.15) is 0 Å². The molecule has 0 atom stereocenters. The fourth-order valence-corrected chi connectivity index (χ4v) is 2.35. The van der Waals surface area contributed by atoms with Crippen LogP contribution in [0.3, 0.4) is 0 Å². The first kappa shape index (κ1) is 15.4. The summed E-state index contributed by atoms with van der Waals surface area (Å²) in [6, 6.07) is 17.9. The third-order valence-corrected chi connectivity index (χ3v) is 3.71. The van der Waals surface area contributed by atoms with E-state index in [0.29, 0.717) is 10.6 Å². The quantitative estimate of drug-likeness (QED) is 0.655. The van der Waals surface area contributed by atoms with Gasteiger partial charge in [-0.25, -0.2) is 0 Å². The fraction of sp³-hybridized carbons (Fsp3) is 0.211. The van der Waals surface area contributed by atoms with Crippen molar-refractivity contribution in [1.82, 2.24) is 0 Å². The molecule has 0 aliphatic heterocycles. The number of hydrogen-bond donors (Lipinski definition) is 0. The van der Waals surface area contributed by atoms with Crippen molar-refractivity contribution >= 4 is 22.7 Å². The third kappa shape index (κ3) is 4.48. The van der Waals surface area contributed by atoms with Gasteiger partial charge in [-0.05, 0) is 47.7 Å². The molecule has 0 radical (unpaired) electrons. The van der Waals surface area contributed by atoms with E-state index in [9.17, 15) is 0 Å². The van der Waals surface area contributed by atoms with Crippen LogP contribution in [0.15, 0.2) is 48.5 Å². The lowest BCUT2D eigenvalue weighted by Crippen LogP contribution is -1.85. The number of rotatable bonds is 5. The van der Waals surface area contributed by atoms with E-state index < -0.39 is 0 Å². The number of hydrogen-bond acceptors (Lipinski definition) is 1. The predicted octanol–water partition coefficient (Wildman–Crippen LogP) is 5.64. The fourth-order valence-electron chi connectivity index (χ4n) is 2.10. The van der Waals surface area contributed by atoms with Gasteiger partial charge in [0.2, 0.25) is 0 Å². The zero-order valence-corrected chi connectivity index (χ0v) is 12.9. The van der Waals surface area contributed by atoms with E-state index in [1.807, 2.05) is 18.2 Å². The summed E-state index contributed by atoms with van der Waals surface area (Å²) < 4.78 is 0. The highest BCUT2D eigenvalue weighted by atomic mass is 35.5. The second-order valence-electron chi connectivity index (χ2n) is 5.03. The van der Waals surface area contributed by atoms with Gasteiger partial charge in [0.15, 0.2) is 0 Å². The van der Waals surface area contributed by atoms with Crippen molar-refractivity contribution in [3.63, 3.8) is 0 Å². The van der Waals surface area contributed by atoms with Crippen molar-refractivity contribution in [3.8, 4) is 6.07 Å². The number of benzene rings is 2. The molecule has 2 aromatic carbocycles. The molecule has 0 amide bonds. The summed E-state index contributed by atoms with van der Waals surface area (Å²) in [6.45, 7) is 2.20. The minimum atomic E-state index is 0.656. The van der Waals surface area contributed by atoms with E-state index >= 15 is 0 Å². The van der Waals surface area contributed by atoms with Crippen LogP contribution < -0.4 is 0 Å². The minimum Gasteiger partial charge on any atom is -0.192 e. The average molecular weight is 296 g/mol. The van der Waals surface area contributed by atoms with Crippen LogP contribution in [0.4, 0.5) is 0 Å². The maximum Gasteiger partial charge on any atom is 0.0991 e. The van der Waals surface area contributed by atoms with E-state index in [4.69, 9.17) is 16.9 Å². The van der Waals surface area contributed by atoms with Gasteiger partial charge in [-0.15, -0.1) is 0 Å². The Hall–Kier alpha value is -2.04. The minimum absolute atomic E-state index is 0.656. The highest BCUT2D eigenvalue weighted by Gasteiger charge is 2.00. The van der Waals surface area contributed by atoms with E-state index in [0.717, 1.165) is 17.5 Å². The topological polar surface area (TPSA) is 23.8 Å². The van der Waals surface area contributed by atoms with Gasteiger partial charge in [-0.2, -0.15) is 5.26 Å². The zero-order valence-electron chi connectivity index (χ0n) is 12.1. The number of halogens is 1. The maximum atomic E-state index is 8.78. The molecule has 0 fully saturated rings. The molecular weight excluding hydrogens is 278 g/mol. The van der Waals surface area contributed by atoms with E-state index in [2.05, 4.69) is 37.3 Å². The Balaban J connectivity index is 2.12. The second-order valence-corrected chi connectivity index (χ2v) is 5.43. The van der Waals surface area contributed by atoms with Crippen LogP contribution in [0.5, 0.6) is 0 Å². The Morgan fingerprint density at radius 3 is 2.33 bits per heavy atom. The van der Waals surface area contributed by atoms with Gasteiger partial charge in [-0.1, -0.05) is 61.3 Å². The van der Waals surface area contributed by atoms with Crippen LogP contribution in [0.2, 0.25) is 0 Å². The van der Waals surface area contributed by atoms with Gasteiger partial charge >= 0.3 is 0 Å². The van der Waals surface area contributed by atoms with Crippen LogP contribution in [-0.2, 0) is 6.42 Å². The molecule has 21 heavy (non-hydrogen) atoms. The molecule has 0 saturated carbocycles. The molecule has 0 aliphatic carbocycles. The Labute approximate surface area is 131 Å². The summed E-state index contributed by atoms with van der Waals surface area (Å²) in [7, 11) is 0. The summed E-state index contributed by atoms with van der Waals surface area (Å²) in [4.78, 5) is 0. The number of nitriles is 1. The van der Waals surface area contributed by atoms with Gasteiger partial charge in [0, 0.05) is 5.03 Å². The summed E-state index contributed by atoms with van der Waals surface area (Å²) >= 11 is 6.37. The number of unbranched alkanes of at least 4 members (excludes halogenated alkanes) is 1. The number of nitrogens with zero attached hydrogens (tertiary/aromatic N) is 1. The van der Waals surface area contributed by atoms with E-state index in [-0.39, 0.29) is 0 Å². The largest absolute Gasteiger partial charge is 0.192 e. The SMILES string of the molecule is CCCCc1ccc(/C(Cl)=C/c2ccc(C#N)cc2)cc1. The second kappa shape index (κ2) is 7.67. The monoisotopic (exact) mass is 295 g/mol. The summed E-state index contributed by atoms with van der Waals surface area (Å²) in [5.74, 6) is 0. The predicted molar refractivity (Wildman–Crippen MR) is 89.9 cm³/mol. The lowest BCUT2D eigenvalue weighted by atomic mass is 10.1. The molecule has 0 aliphatic rings. The van der Waals surface area contributed by atoms with Crippen LogP contribution in [0.1, 0.15) is 42.0 Å². The summed E-state index contributed by atoms with van der Waals surface area (Å²) in [5.41, 5.74) is 4.02. The standard InChI is InChI=1S/C19H18ClN/c1-2-3-4-15-9-11-18(12-10-15)19(20)13-16-5-7-17(14-21)8-6-16/h5-13H,2-4H2,1H3/b19-13-. The summed E-state index contributed by atoms with van der Waals surface area (Å²) in [6.07, 6.45) is 5.47. The molecule has 0 spiro atoms. The van der Waals surface area contributed by atoms with Crippen LogP contribution >= 0.6 is 11.6 Å². The molecule has 0 N–H and O–H groups in total. The van der Waals surface area contributed by atoms with Gasteiger partial charge in [0.05, 0.1) is 11.6 Å². The first-order chi connectivity index (χ1) is 10.2. The van der Waals surface area contributed by atoms with Crippen LogP contribution in [-0.4, -0.2) is 0 Å². The van der Waals surface area contributed by atoms with Crippen molar-refractivity contribution in [2.75, 3.05) is 0 Å². The lowest BCUT2D eigenvalue weighted by molar-refractivity contribution is 0.795. The van der Waals surface area contributed by atoms with Crippen molar-refractivity contribution in [3.05, 3.63) is 70.8 Å². The molecule has 0 saturated heterocycles. The molecule has 2 heteroatoms. The molecular formula is C19H18ClN. The molecule has 106 valence electrons. The molecule has 1 nitrogen and oxygen atoms in total. The zero-order chi connectivity index (χ0) is 15.1. The van der Waals surface area contributed by atoms with Crippen molar-refractivity contribution < 1.29 is 0 Å². The molecule has 0 heterocycles. The third-order valence-electron chi connectivity index (χ3n) is 3.38. The van der Waals surface area contributed by atoms with Gasteiger partial charge < -0.3 is 0 Å². The molecule has 2 aromatic rings. The Kier molecular flexibility index (Phi) is 5.60. The smallest absolute Gasteiger partial charge is 0.0991 e. The van der Waals surface area contributed by atoms with Crippen LogP contribution in [0, 0.1) is 11.3 Å². The van der Waals surface area contributed by atoms with Gasteiger partial charge in [-0.3, -0.25) is 0 Å². The highest BCUT2D eigenvalue weighted by molar-refractivity contribution is 6.51. The molecule has 2 rings (SSSR count). The normalized spacial score (nSPS) is 11.2.